The third-order valence-electron chi connectivity index (χ3n) is 1.61. The average molecular weight is 254 g/mol. The zero-order valence-corrected chi connectivity index (χ0v) is 9.76. The van der Waals surface area contributed by atoms with Gasteiger partial charge in [0.2, 0.25) is 0 Å². The van der Waals surface area contributed by atoms with E-state index in [0.717, 1.165) is 15.9 Å². The Labute approximate surface area is 92.1 Å². The Balaban J connectivity index is 2.69. The number of rotatable bonds is 3. The second-order valence-electron chi connectivity index (χ2n) is 3.07. The molecule has 0 spiro atoms. The summed E-state index contributed by atoms with van der Waals surface area (Å²) in [6.45, 7) is 3.40. The Morgan fingerprint density at radius 3 is 2.36 bits per heavy atom. The van der Waals surface area contributed by atoms with E-state index in [0.29, 0.717) is 0 Å². The molecule has 1 rings (SSSR count). The van der Waals surface area contributed by atoms with Crippen molar-refractivity contribution < 1.29 is 4.79 Å². The smallest absolute Gasteiger partial charge is 0.154 e. The Bertz CT molecular complexity index is 354. The quantitative estimate of drug-likeness (QED) is 0.838. The van der Waals surface area contributed by atoms with Crippen LogP contribution in [0, 0.1) is 0 Å². The number of halogens is 1. The molecular weight excluding hydrogens is 242 g/mol. The van der Waals surface area contributed by atoms with E-state index in [9.17, 15) is 4.79 Å². The molecule has 1 aromatic rings. The standard InChI is InChI=1S/C11H12BrNO/c1-8(7-9(2)14)13-11-5-3-10(12)4-6-11/h3-7,13H,1-2H3/b8-7+. The van der Waals surface area contributed by atoms with Crippen LogP contribution in [-0.4, -0.2) is 5.78 Å². The highest BCUT2D eigenvalue weighted by molar-refractivity contribution is 9.10. The molecule has 0 aliphatic carbocycles. The first-order chi connectivity index (χ1) is 6.58. The van der Waals surface area contributed by atoms with Crippen LogP contribution < -0.4 is 5.32 Å². The number of benzene rings is 1. The van der Waals surface area contributed by atoms with Gasteiger partial charge in [-0.25, -0.2) is 0 Å². The van der Waals surface area contributed by atoms with Crippen molar-refractivity contribution in [2.75, 3.05) is 5.32 Å². The summed E-state index contributed by atoms with van der Waals surface area (Å²) in [5.74, 6) is 0.0483. The van der Waals surface area contributed by atoms with Crippen LogP contribution in [0.15, 0.2) is 40.5 Å². The molecule has 3 heteroatoms. The van der Waals surface area contributed by atoms with Crippen molar-refractivity contribution in [3.05, 3.63) is 40.5 Å². The summed E-state index contributed by atoms with van der Waals surface area (Å²) >= 11 is 3.36. The van der Waals surface area contributed by atoms with Crippen molar-refractivity contribution in [3.63, 3.8) is 0 Å². The molecule has 0 saturated carbocycles. The summed E-state index contributed by atoms with van der Waals surface area (Å²) in [7, 11) is 0. The maximum Gasteiger partial charge on any atom is 0.154 e. The fourth-order valence-corrected chi connectivity index (χ4v) is 1.37. The summed E-state index contributed by atoms with van der Waals surface area (Å²) in [6.07, 6.45) is 1.57. The second-order valence-corrected chi connectivity index (χ2v) is 3.99. The van der Waals surface area contributed by atoms with Crippen LogP contribution in [0.3, 0.4) is 0 Å². The molecule has 2 nitrogen and oxygen atoms in total. The van der Waals surface area contributed by atoms with Gasteiger partial charge in [-0.15, -0.1) is 0 Å². The highest BCUT2D eigenvalue weighted by Gasteiger charge is 1.94. The first-order valence-corrected chi connectivity index (χ1v) is 5.08. The van der Waals surface area contributed by atoms with E-state index in [1.807, 2.05) is 31.2 Å². The van der Waals surface area contributed by atoms with Crippen LogP contribution >= 0.6 is 15.9 Å². The maximum absolute atomic E-state index is 10.8. The lowest BCUT2D eigenvalue weighted by atomic mass is 10.3. The van der Waals surface area contributed by atoms with Gasteiger partial charge in [0.25, 0.3) is 0 Å². The zero-order valence-electron chi connectivity index (χ0n) is 8.17. The third kappa shape index (κ3) is 3.75. The molecule has 0 aromatic heterocycles. The molecule has 0 aliphatic heterocycles. The van der Waals surface area contributed by atoms with E-state index < -0.39 is 0 Å². The van der Waals surface area contributed by atoms with Crippen molar-refractivity contribution in [2.45, 2.75) is 13.8 Å². The lowest BCUT2D eigenvalue weighted by molar-refractivity contribution is -0.112. The number of anilines is 1. The summed E-state index contributed by atoms with van der Waals surface area (Å²) in [5, 5.41) is 3.12. The summed E-state index contributed by atoms with van der Waals surface area (Å²) < 4.78 is 1.04. The van der Waals surface area contributed by atoms with E-state index in [-0.39, 0.29) is 5.78 Å². The van der Waals surface area contributed by atoms with Gasteiger partial charge in [0.05, 0.1) is 0 Å². The molecule has 0 bridgehead atoms. The number of allylic oxidation sites excluding steroid dienone is 2. The van der Waals surface area contributed by atoms with Gasteiger partial charge < -0.3 is 5.32 Å². The molecule has 0 fully saturated rings. The minimum absolute atomic E-state index is 0.0483. The Kier molecular flexibility index (Phi) is 3.89. The van der Waals surface area contributed by atoms with Gasteiger partial charge in [-0.3, -0.25) is 4.79 Å². The van der Waals surface area contributed by atoms with E-state index in [4.69, 9.17) is 0 Å². The molecule has 0 aliphatic rings. The maximum atomic E-state index is 10.8. The number of nitrogens with one attached hydrogen (secondary N) is 1. The largest absolute Gasteiger partial charge is 0.359 e. The minimum atomic E-state index is 0.0483. The number of ketones is 1. The van der Waals surface area contributed by atoms with Crippen LogP contribution in [-0.2, 0) is 4.79 Å². The first-order valence-electron chi connectivity index (χ1n) is 4.29. The molecule has 14 heavy (non-hydrogen) atoms. The molecule has 0 unspecified atom stereocenters. The zero-order chi connectivity index (χ0) is 10.6. The van der Waals surface area contributed by atoms with Gasteiger partial charge in [-0.05, 0) is 44.2 Å². The molecule has 0 atom stereocenters. The van der Waals surface area contributed by atoms with Crippen molar-refractivity contribution in [2.24, 2.45) is 0 Å². The topological polar surface area (TPSA) is 29.1 Å². The van der Waals surface area contributed by atoms with Crippen LogP contribution in [0.5, 0.6) is 0 Å². The minimum Gasteiger partial charge on any atom is -0.359 e. The van der Waals surface area contributed by atoms with Crippen molar-refractivity contribution in [1.82, 2.24) is 0 Å². The molecule has 0 saturated heterocycles. The molecule has 1 N–H and O–H groups in total. The van der Waals surface area contributed by atoms with Gasteiger partial charge in [-0.2, -0.15) is 0 Å². The second kappa shape index (κ2) is 4.96. The van der Waals surface area contributed by atoms with Crippen LogP contribution in [0.25, 0.3) is 0 Å². The third-order valence-corrected chi connectivity index (χ3v) is 2.13. The molecular formula is C11H12BrNO. The first kappa shape index (κ1) is 11.0. The van der Waals surface area contributed by atoms with Gasteiger partial charge in [0, 0.05) is 15.9 Å². The molecule has 0 heterocycles. The summed E-state index contributed by atoms with van der Waals surface area (Å²) in [6, 6.07) is 7.79. The van der Waals surface area contributed by atoms with Gasteiger partial charge in [-0.1, -0.05) is 15.9 Å². The van der Waals surface area contributed by atoms with E-state index in [2.05, 4.69) is 21.2 Å². The Morgan fingerprint density at radius 1 is 1.29 bits per heavy atom. The highest BCUT2D eigenvalue weighted by Crippen LogP contribution is 2.15. The van der Waals surface area contributed by atoms with E-state index >= 15 is 0 Å². The average Bonchev–Trinajstić information content (AvgIpc) is 2.07. The SMILES string of the molecule is CC(=O)/C=C(\C)Nc1ccc(Br)cc1. The predicted octanol–water partition coefficient (Wildman–Crippen LogP) is 3.35. The van der Waals surface area contributed by atoms with Crippen molar-refractivity contribution in [3.8, 4) is 0 Å². The Morgan fingerprint density at radius 2 is 1.86 bits per heavy atom. The fourth-order valence-electron chi connectivity index (χ4n) is 1.10. The van der Waals surface area contributed by atoms with Gasteiger partial charge >= 0.3 is 0 Å². The number of carbonyl (C=O) groups excluding carboxylic acids is 1. The molecule has 0 amide bonds. The number of carbonyl (C=O) groups is 1. The van der Waals surface area contributed by atoms with Crippen LogP contribution in [0.2, 0.25) is 0 Å². The van der Waals surface area contributed by atoms with E-state index in [1.54, 1.807) is 6.08 Å². The summed E-state index contributed by atoms with van der Waals surface area (Å²) in [4.78, 5) is 10.8. The fraction of sp³-hybridized carbons (Fsp3) is 0.182. The highest BCUT2D eigenvalue weighted by atomic mass is 79.9. The van der Waals surface area contributed by atoms with Crippen LogP contribution in [0.1, 0.15) is 13.8 Å². The normalized spacial score (nSPS) is 11.2. The van der Waals surface area contributed by atoms with Crippen molar-refractivity contribution in [1.29, 1.82) is 0 Å². The van der Waals surface area contributed by atoms with Gasteiger partial charge in [0.15, 0.2) is 5.78 Å². The monoisotopic (exact) mass is 253 g/mol. The molecule has 1 aromatic carbocycles. The summed E-state index contributed by atoms with van der Waals surface area (Å²) in [5.41, 5.74) is 1.82. The lowest BCUT2D eigenvalue weighted by Crippen LogP contribution is -1.97. The van der Waals surface area contributed by atoms with E-state index in [1.165, 1.54) is 6.92 Å². The predicted molar refractivity (Wildman–Crippen MR) is 62.2 cm³/mol. The number of hydrogen-bond donors (Lipinski definition) is 1. The molecule has 0 radical (unpaired) electrons. The van der Waals surface area contributed by atoms with Crippen LogP contribution in [0.4, 0.5) is 5.69 Å². The lowest BCUT2D eigenvalue weighted by Gasteiger charge is -2.05. The van der Waals surface area contributed by atoms with Crippen molar-refractivity contribution >= 4 is 27.4 Å². The number of hydrogen-bond acceptors (Lipinski definition) is 2. The molecule has 74 valence electrons. The van der Waals surface area contributed by atoms with Gasteiger partial charge in [0.1, 0.15) is 0 Å². The Hall–Kier alpha value is -1.09.